The number of pyridine rings is 1. The van der Waals surface area contributed by atoms with Crippen LogP contribution in [0.4, 0.5) is 11.4 Å². The fraction of sp³-hybridized carbons (Fsp3) is 0.450. The Kier molecular flexibility index (Phi) is 4.85. The Balaban J connectivity index is 2.04. The Morgan fingerprint density at radius 1 is 1.17 bits per heavy atom. The van der Waals surface area contributed by atoms with Crippen molar-refractivity contribution in [3.63, 3.8) is 0 Å². The van der Waals surface area contributed by atoms with Crippen LogP contribution < -0.4 is 10.2 Å². The van der Waals surface area contributed by atoms with E-state index in [0.717, 1.165) is 31.6 Å². The third-order valence-corrected chi connectivity index (χ3v) is 4.72. The monoisotopic (exact) mass is 309 g/mol. The molecule has 1 aromatic carbocycles. The fourth-order valence-electron chi connectivity index (χ4n) is 3.38. The van der Waals surface area contributed by atoms with E-state index in [2.05, 4.69) is 48.3 Å². The highest BCUT2D eigenvalue weighted by atomic mass is 15.2. The standard InChI is InChI=1S/C20H27N3/c1-4-7-19-20(23-10-5-6-11-23)12-16(14-22-19)18-13-17(21-3)9-8-15(18)2/h8-9,12-14,21H,4-7,10-11H2,1-3H3. The van der Waals surface area contributed by atoms with Crippen molar-refractivity contribution in [1.29, 1.82) is 0 Å². The molecule has 1 N–H and O–H groups in total. The Morgan fingerprint density at radius 2 is 1.96 bits per heavy atom. The van der Waals surface area contributed by atoms with Gasteiger partial charge in [0, 0.05) is 37.6 Å². The number of aryl methyl sites for hydroxylation is 2. The lowest BCUT2D eigenvalue weighted by Gasteiger charge is -2.22. The summed E-state index contributed by atoms with van der Waals surface area (Å²) in [7, 11) is 1.96. The molecule has 0 spiro atoms. The topological polar surface area (TPSA) is 28.2 Å². The summed E-state index contributed by atoms with van der Waals surface area (Å²) in [6, 6.07) is 8.88. The second-order valence-electron chi connectivity index (χ2n) is 6.41. The van der Waals surface area contributed by atoms with Crippen LogP contribution in [0.3, 0.4) is 0 Å². The molecule has 0 bridgehead atoms. The first-order valence-electron chi connectivity index (χ1n) is 8.75. The normalized spacial score (nSPS) is 14.3. The van der Waals surface area contributed by atoms with E-state index in [1.807, 2.05) is 13.2 Å². The molecule has 3 heteroatoms. The Morgan fingerprint density at radius 3 is 2.65 bits per heavy atom. The number of rotatable bonds is 5. The molecule has 23 heavy (non-hydrogen) atoms. The van der Waals surface area contributed by atoms with Crippen LogP contribution in [0.15, 0.2) is 30.5 Å². The minimum absolute atomic E-state index is 1.06. The third-order valence-electron chi connectivity index (χ3n) is 4.72. The molecule has 0 radical (unpaired) electrons. The SMILES string of the molecule is CCCc1ncc(-c2cc(NC)ccc2C)cc1N1CCCC1. The number of aromatic nitrogens is 1. The van der Waals surface area contributed by atoms with Gasteiger partial charge in [0.1, 0.15) is 0 Å². The summed E-state index contributed by atoms with van der Waals surface area (Å²) in [5.74, 6) is 0. The number of benzene rings is 1. The van der Waals surface area contributed by atoms with Gasteiger partial charge in [-0.3, -0.25) is 4.98 Å². The summed E-state index contributed by atoms with van der Waals surface area (Å²) in [5, 5.41) is 3.23. The summed E-state index contributed by atoms with van der Waals surface area (Å²) in [5.41, 5.74) is 7.53. The summed E-state index contributed by atoms with van der Waals surface area (Å²) >= 11 is 0. The minimum Gasteiger partial charge on any atom is -0.388 e. The minimum atomic E-state index is 1.06. The van der Waals surface area contributed by atoms with Gasteiger partial charge in [0.2, 0.25) is 0 Å². The van der Waals surface area contributed by atoms with Crippen molar-refractivity contribution in [2.45, 2.75) is 39.5 Å². The van der Waals surface area contributed by atoms with Gasteiger partial charge >= 0.3 is 0 Å². The zero-order valence-electron chi connectivity index (χ0n) is 14.5. The molecule has 122 valence electrons. The summed E-state index contributed by atoms with van der Waals surface area (Å²) in [4.78, 5) is 7.34. The zero-order valence-corrected chi connectivity index (χ0v) is 14.5. The number of nitrogens with one attached hydrogen (secondary N) is 1. The second-order valence-corrected chi connectivity index (χ2v) is 6.41. The molecule has 3 nitrogen and oxygen atoms in total. The average molecular weight is 309 g/mol. The van der Waals surface area contributed by atoms with E-state index < -0.39 is 0 Å². The molecule has 0 saturated carbocycles. The summed E-state index contributed by atoms with van der Waals surface area (Å²) < 4.78 is 0. The first-order chi connectivity index (χ1) is 11.2. The Labute approximate surface area is 139 Å². The maximum absolute atomic E-state index is 4.82. The van der Waals surface area contributed by atoms with Gasteiger partial charge in [0.05, 0.1) is 11.4 Å². The molecule has 1 saturated heterocycles. The van der Waals surface area contributed by atoms with Gasteiger partial charge in [-0.2, -0.15) is 0 Å². The summed E-state index contributed by atoms with van der Waals surface area (Å²) in [6.45, 7) is 6.73. The number of anilines is 2. The van der Waals surface area contributed by atoms with Crippen LogP contribution in [0, 0.1) is 6.92 Å². The maximum atomic E-state index is 4.82. The van der Waals surface area contributed by atoms with Crippen LogP contribution in [0.1, 0.15) is 37.4 Å². The highest BCUT2D eigenvalue weighted by Crippen LogP contribution is 2.32. The van der Waals surface area contributed by atoms with Gasteiger partial charge in [-0.25, -0.2) is 0 Å². The predicted molar refractivity (Wildman–Crippen MR) is 99.4 cm³/mol. The van der Waals surface area contributed by atoms with E-state index in [0.29, 0.717) is 0 Å². The van der Waals surface area contributed by atoms with E-state index in [1.165, 1.54) is 40.9 Å². The van der Waals surface area contributed by atoms with Crippen LogP contribution in [0.5, 0.6) is 0 Å². The third kappa shape index (κ3) is 3.34. The molecule has 2 heterocycles. The lowest BCUT2D eigenvalue weighted by molar-refractivity contribution is 0.857. The lowest BCUT2D eigenvalue weighted by Crippen LogP contribution is -2.20. The quantitative estimate of drug-likeness (QED) is 0.871. The molecule has 1 fully saturated rings. The summed E-state index contributed by atoms with van der Waals surface area (Å²) in [6.07, 6.45) is 6.84. The zero-order chi connectivity index (χ0) is 16.2. The second kappa shape index (κ2) is 7.03. The van der Waals surface area contributed by atoms with Gasteiger partial charge < -0.3 is 10.2 Å². The molecule has 1 aromatic heterocycles. The smallest absolute Gasteiger partial charge is 0.0637 e. The van der Waals surface area contributed by atoms with Crippen molar-refractivity contribution in [2.75, 3.05) is 30.4 Å². The van der Waals surface area contributed by atoms with E-state index in [4.69, 9.17) is 4.98 Å². The molecule has 3 rings (SSSR count). The van der Waals surface area contributed by atoms with Gasteiger partial charge in [-0.15, -0.1) is 0 Å². The highest BCUT2D eigenvalue weighted by Gasteiger charge is 2.17. The fourth-order valence-corrected chi connectivity index (χ4v) is 3.38. The van der Waals surface area contributed by atoms with Gasteiger partial charge in [-0.05, 0) is 55.5 Å². The molecular weight excluding hydrogens is 282 g/mol. The molecule has 0 aliphatic carbocycles. The number of nitrogens with zero attached hydrogens (tertiary/aromatic N) is 2. The number of hydrogen-bond acceptors (Lipinski definition) is 3. The maximum Gasteiger partial charge on any atom is 0.0637 e. The van der Waals surface area contributed by atoms with Crippen molar-refractivity contribution in [2.24, 2.45) is 0 Å². The first kappa shape index (κ1) is 15.9. The molecule has 1 aliphatic heterocycles. The largest absolute Gasteiger partial charge is 0.388 e. The van der Waals surface area contributed by atoms with E-state index in [-0.39, 0.29) is 0 Å². The van der Waals surface area contributed by atoms with Crippen LogP contribution >= 0.6 is 0 Å². The Bertz CT molecular complexity index is 673. The van der Waals surface area contributed by atoms with E-state index >= 15 is 0 Å². The van der Waals surface area contributed by atoms with E-state index in [9.17, 15) is 0 Å². The van der Waals surface area contributed by atoms with Crippen molar-refractivity contribution in [3.05, 3.63) is 41.7 Å². The molecule has 2 aromatic rings. The Hall–Kier alpha value is -2.03. The van der Waals surface area contributed by atoms with E-state index in [1.54, 1.807) is 0 Å². The molecular formula is C20H27N3. The first-order valence-corrected chi connectivity index (χ1v) is 8.75. The van der Waals surface area contributed by atoms with Crippen molar-refractivity contribution in [3.8, 4) is 11.1 Å². The predicted octanol–water partition coefficient (Wildman–Crippen LogP) is 4.65. The number of hydrogen-bond donors (Lipinski definition) is 1. The highest BCUT2D eigenvalue weighted by molar-refractivity contribution is 5.74. The molecule has 0 atom stereocenters. The molecule has 1 aliphatic rings. The molecule has 0 unspecified atom stereocenters. The van der Waals surface area contributed by atoms with Crippen molar-refractivity contribution < 1.29 is 0 Å². The van der Waals surface area contributed by atoms with Crippen molar-refractivity contribution in [1.82, 2.24) is 4.98 Å². The van der Waals surface area contributed by atoms with Crippen LogP contribution in [-0.2, 0) is 6.42 Å². The van der Waals surface area contributed by atoms with Crippen LogP contribution in [0.2, 0.25) is 0 Å². The van der Waals surface area contributed by atoms with Crippen LogP contribution in [0.25, 0.3) is 11.1 Å². The van der Waals surface area contributed by atoms with Gasteiger partial charge in [0.25, 0.3) is 0 Å². The average Bonchev–Trinajstić information content (AvgIpc) is 3.10. The lowest BCUT2D eigenvalue weighted by atomic mass is 9.99. The van der Waals surface area contributed by atoms with Gasteiger partial charge in [-0.1, -0.05) is 19.4 Å². The molecule has 0 amide bonds. The van der Waals surface area contributed by atoms with Crippen molar-refractivity contribution >= 4 is 11.4 Å². The van der Waals surface area contributed by atoms with Gasteiger partial charge in [0.15, 0.2) is 0 Å². The van der Waals surface area contributed by atoms with Crippen LogP contribution in [-0.4, -0.2) is 25.1 Å².